The van der Waals surface area contributed by atoms with Crippen molar-refractivity contribution in [3.8, 4) is 0 Å². The Balaban J connectivity index is 0.000000659. The van der Waals surface area contributed by atoms with E-state index in [4.69, 9.17) is 0 Å². The van der Waals surface area contributed by atoms with Crippen LogP contribution in [0.25, 0.3) is 0 Å². The van der Waals surface area contributed by atoms with Crippen LogP contribution in [0.15, 0.2) is 0 Å². The van der Waals surface area contributed by atoms with E-state index < -0.39 is 0 Å². The monoisotopic (exact) mass is 255 g/mol. The first-order chi connectivity index (χ1) is 8.72. The summed E-state index contributed by atoms with van der Waals surface area (Å²) in [5.74, 6) is 1.93. The molecule has 0 aromatic rings. The van der Waals surface area contributed by atoms with Crippen LogP contribution in [0.4, 0.5) is 0 Å². The third-order valence-corrected chi connectivity index (χ3v) is 4.70. The van der Waals surface area contributed by atoms with Crippen molar-refractivity contribution in [1.29, 1.82) is 0 Å². The van der Waals surface area contributed by atoms with E-state index in [1.165, 1.54) is 51.6 Å². The molecule has 0 bridgehead atoms. The van der Waals surface area contributed by atoms with Gasteiger partial charge in [-0.15, -0.1) is 0 Å². The average molecular weight is 255 g/mol. The summed E-state index contributed by atoms with van der Waals surface area (Å²) in [6.45, 7) is 15.3. The van der Waals surface area contributed by atoms with Crippen molar-refractivity contribution in [2.75, 3.05) is 13.1 Å². The van der Waals surface area contributed by atoms with Crippen LogP contribution in [0.3, 0.4) is 0 Å². The first kappa shape index (κ1) is 18.0. The van der Waals surface area contributed by atoms with Gasteiger partial charge in [0.05, 0.1) is 0 Å². The highest BCUT2D eigenvalue weighted by molar-refractivity contribution is 4.89. The van der Waals surface area contributed by atoms with Crippen LogP contribution in [0.2, 0.25) is 0 Å². The van der Waals surface area contributed by atoms with Crippen LogP contribution in [0, 0.1) is 17.3 Å². The number of hydrogen-bond donors (Lipinski definition) is 1. The Bertz CT molecular complexity index is 170. The van der Waals surface area contributed by atoms with Crippen LogP contribution in [-0.4, -0.2) is 13.1 Å². The minimum atomic E-state index is 0.761. The topological polar surface area (TPSA) is 12.0 Å². The number of piperidine rings is 1. The molecule has 1 spiro atoms. The zero-order valence-electron chi connectivity index (χ0n) is 13.8. The van der Waals surface area contributed by atoms with Crippen molar-refractivity contribution in [1.82, 2.24) is 5.32 Å². The second kappa shape index (κ2) is 9.83. The van der Waals surface area contributed by atoms with E-state index in [1.54, 1.807) is 0 Å². The lowest BCUT2D eigenvalue weighted by atomic mass is 9.64. The molecule has 1 heterocycles. The molecule has 18 heavy (non-hydrogen) atoms. The Morgan fingerprint density at radius 2 is 1.28 bits per heavy atom. The highest BCUT2D eigenvalue weighted by Crippen LogP contribution is 2.46. The smallest absolute Gasteiger partial charge is 0.00436 e. The molecule has 1 nitrogen and oxygen atoms in total. The van der Waals surface area contributed by atoms with Gasteiger partial charge in [-0.05, 0) is 68.9 Å². The average Bonchev–Trinajstić information content (AvgIpc) is 2.45. The molecule has 2 fully saturated rings. The quantitative estimate of drug-likeness (QED) is 0.674. The first-order valence-electron chi connectivity index (χ1n) is 8.43. The summed E-state index contributed by atoms with van der Waals surface area (Å²) in [6, 6.07) is 0. The summed E-state index contributed by atoms with van der Waals surface area (Å²) in [6.07, 6.45) is 8.90. The van der Waals surface area contributed by atoms with Crippen molar-refractivity contribution >= 4 is 0 Å². The van der Waals surface area contributed by atoms with Gasteiger partial charge in [-0.2, -0.15) is 0 Å². The molecule has 0 atom stereocenters. The molecule has 0 amide bonds. The fourth-order valence-electron chi connectivity index (χ4n) is 3.38. The summed E-state index contributed by atoms with van der Waals surface area (Å²) < 4.78 is 0. The van der Waals surface area contributed by atoms with Crippen LogP contribution in [0.1, 0.15) is 80.1 Å². The van der Waals surface area contributed by atoms with E-state index >= 15 is 0 Å². The lowest BCUT2D eigenvalue weighted by molar-refractivity contribution is 0.0900. The van der Waals surface area contributed by atoms with Gasteiger partial charge >= 0.3 is 0 Å². The Labute approximate surface area is 116 Å². The second-order valence-corrected chi connectivity index (χ2v) is 5.83. The molecule has 0 aromatic carbocycles. The largest absolute Gasteiger partial charge is 0.317 e. The van der Waals surface area contributed by atoms with Gasteiger partial charge in [-0.1, -0.05) is 41.5 Å². The summed E-state index contributed by atoms with van der Waals surface area (Å²) in [5, 5.41) is 3.49. The van der Waals surface area contributed by atoms with Crippen LogP contribution in [-0.2, 0) is 0 Å². The Morgan fingerprint density at radius 1 is 0.833 bits per heavy atom. The standard InChI is InChI=1S/C13H25N.2C2H6/c1-11(2)12-3-5-13(6-4-12)7-9-14-10-8-13;2*1-2/h11-12,14H,3-10H2,1-2H3;2*1-2H3. The Morgan fingerprint density at radius 3 is 1.67 bits per heavy atom. The van der Waals surface area contributed by atoms with Gasteiger partial charge < -0.3 is 5.32 Å². The zero-order valence-corrected chi connectivity index (χ0v) is 13.8. The van der Waals surface area contributed by atoms with Crippen LogP contribution in [0.5, 0.6) is 0 Å². The lowest BCUT2D eigenvalue weighted by Gasteiger charge is -2.44. The molecular weight excluding hydrogens is 218 g/mol. The minimum Gasteiger partial charge on any atom is -0.317 e. The van der Waals surface area contributed by atoms with Crippen molar-refractivity contribution in [2.45, 2.75) is 80.1 Å². The second-order valence-electron chi connectivity index (χ2n) is 5.83. The number of rotatable bonds is 1. The van der Waals surface area contributed by atoms with E-state index in [2.05, 4.69) is 19.2 Å². The number of nitrogens with one attached hydrogen (secondary N) is 1. The summed E-state index contributed by atoms with van der Waals surface area (Å²) in [5.41, 5.74) is 0.761. The van der Waals surface area contributed by atoms with Gasteiger partial charge in [0, 0.05) is 0 Å². The van der Waals surface area contributed by atoms with Gasteiger partial charge in [0.1, 0.15) is 0 Å². The first-order valence-corrected chi connectivity index (χ1v) is 8.43. The predicted molar refractivity (Wildman–Crippen MR) is 84.0 cm³/mol. The molecule has 1 N–H and O–H groups in total. The maximum Gasteiger partial charge on any atom is -0.00436 e. The van der Waals surface area contributed by atoms with Gasteiger partial charge in [0.15, 0.2) is 0 Å². The molecule has 1 aliphatic carbocycles. The molecule has 0 radical (unpaired) electrons. The maximum atomic E-state index is 3.49. The third kappa shape index (κ3) is 5.30. The number of hydrogen-bond acceptors (Lipinski definition) is 1. The predicted octanol–water partition coefficient (Wildman–Crippen LogP) is 5.25. The summed E-state index contributed by atoms with van der Waals surface area (Å²) in [4.78, 5) is 0. The molecule has 0 unspecified atom stereocenters. The summed E-state index contributed by atoms with van der Waals surface area (Å²) in [7, 11) is 0. The fourth-order valence-corrected chi connectivity index (χ4v) is 3.38. The summed E-state index contributed by atoms with van der Waals surface area (Å²) >= 11 is 0. The third-order valence-electron chi connectivity index (χ3n) is 4.70. The van der Waals surface area contributed by atoms with Gasteiger partial charge in [0.25, 0.3) is 0 Å². The SMILES string of the molecule is CC.CC.CC(C)C1CCC2(CCNCC2)CC1. The van der Waals surface area contributed by atoms with Gasteiger partial charge in [-0.25, -0.2) is 0 Å². The van der Waals surface area contributed by atoms with Gasteiger partial charge in [-0.3, -0.25) is 0 Å². The Hall–Kier alpha value is -0.0400. The maximum absolute atomic E-state index is 3.49. The normalized spacial score (nSPS) is 22.8. The molecule has 1 saturated heterocycles. The highest BCUT2D eigenvalue weighted by Gasteiger charge is 2.36. The lowest BCUT2D eigenvalue weighted by Crippen LogP contribution is -2.39. The van der Waals surface area contributed by atoms with E-state index in [1.807, 2.05) is 27.7 Å². The van der Waals surface area contributed by atoms with Crippen LogP contribution >= 0.6 is 0 Å². The molecule has 110 valence electrons. The molecule has 1 saturated carbocycles. The zero-order chi connectivity index (χ0) is 14.0. The van der Waals surface area contributed by atoms with E-state index in [-0.39, 0.29) is 0 Å². The Kier molecular flexibility index (Phi) is 9.81. The minimum absolute atomic E-state index is 0.761. The van der Waals surface area contributed by atoms with E-state index in [9.17, 15) is 0 Å². The molecule has 2 rings (SSSR count). The van der Waals surface area contributed by atoms with Crippen molar-refractivity contribution < 1.29 is 0 Å². The highest BCUT2D eigenvalue weighted by atomic mass is 14.9. The molecule has 0 aromatic heterocycles. The van der Waals surface area contributed by atoms with Crippen LogP contribution < -0.4 is 5.32 Å². The fraction of sp³-hybridized carbons (Fsp3) is 1.00. The molecule has 1 aliphatic heterocycles. The molecular formula is C17H37N. The van der Waals surface area contributed by atoms with E-state index in [0.29, 0.717) is 0 Å². The van der Waals surface area contributed by atoms with Gasteiger partial charge in [0.2, 0.25) is 0 Å². The van der Waals surface area contributed by atoms with Crippen molar-refractivity contribution in [3.05, 3.63) is 0 Å². The van der Waals surface area contributed by atoms with Crippen molar-refractivity contribution in [2.24, 2.45) is 17.3 Å². The molecule has 2 aliphatic rings. The van der Waals surface area contributed by atoms with Crippen molar-refractivity contribution in [3.63, 3.8) is 0 Å². The molecule has 1 heteroatoms. The van der Waals surface area contributed by atoms with E-state index in [0.717, 1.165) is 17.3 Å².